The minimum Gasteiger partial charge on any atom is -0.310 e. The maximum Gasteiger partial charge on any atom is 0.322 e. The molecule has 2 aromatic carbocycles. The van der Waals surface area contributed by atoms with Gasteiger partial charge < -0.3 is 14.8 Å². The van der Waals surface area contributed by atoms with Gasteiger partial charge in [-0.3, -0.25) is 0 Å². The first-order valence-corrected chi connectivity index (χ1v) is 12.6. The summed E-state index contributed by atoms with van der Waals surface area (Å²) < 4.78 is 16.0. The average molecular weight is 472 g/mol. The molecule has 0 saturated heterocycles. The van der Waals surface area contributed by atoms with Crippen LogP contribution in [0.2, 0.25) is 0 Å². The molecule has 0 bridgehead atoms. The first-order chi connectivity index (χ1) is 16.6. The molecule has 172 valence electrons. The summed E-state index contributed by atoms with van der Waals surface area (Å²) in [6.07, 6.45) is 6.67. The third kappa shape index (κ3) is 3.62. The van der Waals surface area contributed by atoms with Crippen LogP contribution in [-0.2, 0) is 19.4 Å². The van der Waals surface area contributed by atoms with Crippen LogP contribution in [0.3, 0.4) is 0 Å². The van der Waals surface area contributed by atoms with Crippen molar-refractivity contribution in [2.24, 2.45) is 0 Å². The van der Waals surface area contributed by atoms with E-state index in [1.54, 1.807) is 12.1 Å². The number of nitrogens with one attached hydrogen (secondary N) is 1. The summed E-state index contributed by atoms with van der Waals surface area (Å²) in [5.41, 5.74) is 6.48. The molecule has 0 unspecified atom stereocenters. The zero-order valence-corrected chi connectivity index (χ0v) is 19.9. The van der Waals surface area contributed by atoms with Crippen molar-refractivity contribution in [3.8, 4) is 5.00 Å². The number of hydrogen-bond acceptors (Lipinski definition) is 2. The summed E-state index contributed by atoms with van der Waals surface area (Å²) in [6.45, 7) is 2.54. The van der Waals surface area contributed by atoms with Gasteiger partial charge in [-0.1, -0.05) is 29.8 Å². The lowest BCUT2D eigenvalue weighted by Crippen LogP contribution is -2.38. The number of hydrogen-bond donors (Lipinski definition) is 1. The van der Waals surface area contributed by atoms with E-state index in [1.165, 1.54) is 46.0 Å². The molecule has 6 rings (SSSR count). The van der Waals surface area contributed by atoms with Crippen LogP contribution < -0.4 is 5.32 Å². The standard InChI is InChI=1S/C28H26FN3OS/c1-18-8-14-21(15-9-18)30-28(33)32-17-23-22-5-2-3-7-25(22)34-27(23)31-16-4-6-24(31)26(32)19-10-12-20(29)13-11-19/h4,6,8-16,26H,2-3,5,7,17H2,1H3,(H,30,33)/t26-/m1/s1. The Morgan fingerprint density at radius 3 is 2.56 bits per heavy atom. The molecule has 3 heterocycles. The number of aromatic nitrogens is 1. The number of amides is 2. The molecule has 4 nitrogen and oxygen atoms in total. The van der Waals surface area contributed by atoms with E-state index in [2.05, 4.69) is 22.1 Å². The van der Waals surface area contributed by atoms with Gasteiger partial charge in [-0.15, -0.1) is 11.3 Å². The second-order valence-corrected chi connectivity index (χ2v) is 10.3. The van der Waals surface area contributed by atoms with E-state index in [0.717, 1.165) is 35.3 Å². The van der Waals surface area contributed by atoms with Gasteiger partial charge in [0, 0.05) is 22.3 Å². The van der Waals surface area contributed by atoms with Gasteiger partial charge in [0.15, 0.2) is 0 Å². The summed E-state index contributed by atoms with van der Waals surface area (Å²) in [7, 11) is 0. The molecule has 0 saturated carbocycles. The van der Waals surface area contributed by atoms with Gasteiger partial charge in [0.1, 0.15) is 10.8 Å². The molecule has 1 atom stereocenters. The van der Waals surface area contributed by atoms with Crippen LogP contribution >= 0.6 is 11.3 Å². The second-order valence-electron chi connectivity index (χ2n) is 9.18. The summed E-state index contributed by atoms with van der Waals surface area (Å²) in [5, 5.41) is 4.32. The molecule has 0 fully saturated rings. The van der Waals surface area contributed by atoms with Crippen molar-refractivity contribution < 1.29 is 9.18 Å². The molecule has 1 aliphatic carbocycles. The van der Waals surface area contributed by atoms with Crippen molar-refractivity contribution in [3.63, 3.8) is 0 Å². The van der Waals surface area contributed by atoms with Crippen molar-refractivity contribution >= 4 is 23.1 Å². The number of rotatable bonds is 2. The van der Waals surface area contributed by atoms with Crippen LogP contribution in [0.4, 0.5) is 14.9 Å². The number of aryl methyl sites for hydroxylation is 2. The molecule has 1 aliphatic heterocycles. The van der Waals surface area contributed by atoms with Crippen molar-refractivity contribution in [2.75, 3.05) is 5.32 Å². The topological polar surface area (TPSA) is 37.3 Å². The molecule has 2 aromatic heterocycles. The van der Waals surface area contributed by atoms with Gasteiger partial charge in [-0.25, -0.2) is 9.18 Å². The Morgan fingerprint density at radius 2 is 1.76 bits per heavy atom. The highest BCUT2D eigenvalue weighted by molar-refractivity contribution is 7.15. The Labute approximate surface area is 202 Å². The Morgan fingerprint density at radius 1 is 1.00 bits per heavy atom. The van der Waals surface area contributed by atoms with E-state index < -0.39 is 0 Å². The van der Waals surface area contributed by atoms with E-state index in [0.29, 0.717) is 6.54 Å². The van der Waals surface area contributed by atoms with E-state index >= 15 is 0 Å². The average Bonchev–Trinajstić information content (AvgIpc) is 3.43. The third-order valence-corrected chi connectivity index (χ3v) is 8.26. The summed E-state index contributed by atoms with van der Waals surface area (Å²) >= 11 is 1.86. The molecule has 4 aromatic rings. The number of carbonyl (C=O) groups is 1. The largest absolute Gasteiger partial charge is 0.322 e. The number of fused-ring (bicyclic) bond motifs is 5. The molecule has 2 aliphatic rings. The Balaban J connectivity index is 1.49. The third-order valence-electron chi connectivity index (χ3n) is 6.93. The van der Waals surface area contributed by atoms with Crippen molar-refractivity contribution in [3.05, 3.63) is 106 Å². The first-order valence-electron chi connectivity index (χ1n) is 11.8. The van der Waals surface area contributed by atoms with Crippen LogP contribution in [0.15, 0.2) is 66.9 Å². The number of nitrogens with zero attached hydrogens (tertiary/aromatic N) is 2. The van der Waals surface area contributed by atoms with Gasteiger partial charge in [0.05, 0.1) is 18.3 Å². The van der Waals surface area contributed by atoms with Gasteiger partial charge in [-0.2, -0.15) is 0 Å². The highest BCUT2D eigenvalue weighted by Crippen LogP contribution is 2.44. The lowest BCUT2D eigenvalue weighted by atomic mass is 9.95. The van der Waals surface area contributed by atoms with E-state index in [4.69, 9.17) is 0 Å². The maximum atomic E-state index is 13.8. The second kappa shape index (κ2) is 8.44. The lowest BCUT2D eigenvalue weighted by Gasteiger charge is -2.31. The van der Waals surface area contributed by atoms with E-state index in [9.17, 15) is 9.18 Å². The molecular formula is C28H26FN3OS. The quantitative estimate of drug-likeness (QED) is 0.336. The van der Waals surface area contributed by atoms with Crippen LogP contribution in [0.1, 0.15) is 51.7 Å². The normalized spacial score (nSPS) is 16.9. The summed E-state index contributed by atoms with van der Waals surface area (Å²) in [6, 6.07) is 18.0. The molecule has 34 heavy (non-hydrogen) atoms. The Hall–Kier alpha value is -3.38. The summed E-state index contributed by atoms with van der Waals surface area (Å²) in [5.74, 6) is -0.281. The minimum atomic E-state index is -0.333. The predicted octanol–water partition coefficient (Wildman–Crippen LogP) is 7.00. The summed E-state index contributed by atoms with van der Waals surface area (Å²) in [4.78, 5) is 17.2. The van der Waals surface area contributed by atoms with Crippen LogP contribution in [0, 0.1) is 12.7 Å². The fraction of sp³-hybridized carbons (Fsp3) is 0.250. The number of benzene rings is 2. The molecule has 6 heteroatoms. The number of urea groups is 1. The van der Waals surface area contributed by atoms with E-state index in [-0.39, 0.29) is 17.9 Å². The molecule has 0 spiro atoms. The highest BCUT2D eigenvalue weighted by Gasteiger charge is 2.36. The number of carbonyl (C=O) groups excluding carboxylic acids is 1. The maximum absolute atomic E-state index is 13.8. The molecule has 1 N–H and O–H groups in total. The lowest BCUT2D eigenvalue weighted by molar-refractivity contribution is 0.194. The van der Waals surface area contributed by atoms with Crippen molar-refractivity contribution in [1.82, 2.24) is 9.47 Å². The smallest absolute Gasteiger partial charge is 0.310 e. The predicted molar refractivity (Wildman–Crippen MR) is 134 cm³/mol. The zero-order valence-electron chi connectivity index (χ0n) is 19.1. The van der Waals surface area contributed by atoms with Crippen LogP contribution in [0.25, 0.3) is 5.00 Å². The molecule has 0 radical (unpaired) electrons. The van der Waals surface area contributed by atoms with Crippen molar-refractivity contribution in [1.29, 1.82) is 0 Å². The molecule has 2 amide bonds. The van der Waals surface area contributed by atoms with E-state index in [1.807, 2.05) is 53.5 Å². The van der Waals surface area contributed by atoms with Crippen LogP contribution in [0.5, 0.6) is 0 Å². The van der Waals surface area contributed by atoms with Gasteiger partial charge >= 0.3 is 6.03 Å². The van der Waals surface area contributed by atoms with Crippen molar-refractivity contribution in [2.45, 2.75) is 45.2 Å². The SMILES string of the molecule is Cc1ccc(NC(=O)N2Cc3c(sc4c3CCCC4)-n3cccc3[C@H]2c2ccc(F)cc2)cc1. The number of halogens is 1. The van der Waals surface area contributed by atoms with Crippen LogP contribution in [-0.4, -0.2) is 15.5 Å². The zero-order chi connectivity index (χ0) is 23.2. The molecular weight excluding hydrogens is 445 g/mol. The number of thiophene rings is 1. The first kappa shape index (κ1) is 21.2. The fourth-order valence-corrected chi connectivity index (χ4v) is 6.62. The minimum absolute atomic E-state index is 0.158. The monoisotopic (exact) mass is 471 g/mol. The fourth-order valence-electron chi connectivity index (χ4n) is 5.21. The van der Waals surface area contributed by atoms with Gasteiger partial charge in [0.2, 0.25) is 0 Å². The Bertz CT molecular complexity index is 1350. The van der Waals surface area contributed by atoms with Gasteiger partial charge in [0.25, 0.3) is 0 Å². The number of anilines is 1. The highest BCUT2D eigenvalue weighted by atomic mass is 32.1. The van der Waals surface area contributed by atoms with Gasteiger partial charge in [-0.05, 0) is 80.1 Å². The Kier molecular flexibility index (Phi) is 5.26.